The lowest BCUT2D eigenvalue weighted by Gasteiger charge is -2.18. The molecule has 0 atom stereocenters. The van der Waals surface area contributed by atoms with Crippen LogP contribution in [-0.4, -0.2) is 61.8 Å². The first-order valence-corrected chi connectivity index (χ1v) is 16.7. The number of rotatable bonds is 12. The van der Waals surface area contributed by atoms with E-state index in [-0.39, 0.29) is 43.3 Å². The van der Waals surface area contributed by atoms with Crippen molar-refractivity contribution in [3.05, 3.63) is 96.0 Å². The maximum atomic E-state index is 12.5. The summed E-state index contributed by atoms with van der Waals surface area (Å²) in [6.45, 7) is -0.00663. The molecule has 0 unspecified atom stereocenters. The lowest BCUT2D eigenvalue weighted by atomic mass is 10.1. The summed E-state index contributed by atoms with van der Waals surface area (Å²) < 4.78 is 89.4. The number of Topliss-reactive ketones (excluding diaryl/α,β-unsaturated/α-hetero) is 1. The molecule has 244 valence electrons. The minimum atomic E-state index is -3.60. The van der Waals surface area contributed by atoms with Gasteiger partial charge in [0, 0.05) is 11.1 Å². The fraction of sp³-hybridized carbons (Fsp3) is 0.222. The largest absolute Gasteiger partial charge is 0.431 e. The molecule has 3 heterocycles. The number of alkyl halides is 2. The van der Waals surface area contributed by atoms with Crippen molar-refractivity contribution < 1.29 is 43.7 Å². The van der Waals surface area contributed by atoms with Crippen molar-refractivity contribution in [1.29, 1.82) is 0 Å². The maximum absolute atomic E-state index is 12.5. The molecule has 5 rings (SSSR count). The summed E-state index contributed by atoms with van der Waals surface area (Å²) in [4.78, 5) is 19.1. The highest BCUT2D eigenvalue weighted by Gasteiger charge is 2.23. The van der Waals surface area contributed by atoms with E-state index in [1.807, 2.05) is 0 Å². The number of hydrogen-bond acceptors (Lipinski definition) is 13. The molecule has 3 aromatic heterocycles. The fourth-order valence-corrected chi connectivity index (χ4v) is 5.28. The van der Waals surface area contributed by atoms with E-state index in [2.05, 4.69) is 20.2 Å². The summed E-state index contributed by atoms with van der Waals surface area (Å²) in [5.41, 5.74) is 7.54. The van der Waals surface area contributed by atoms with E-state index < -0.39 is 32.4 Å². The van der Waals surface area contributed by atoms with Gasteiger partial charge in [0.05, 0.1) is 44.5 Å². The predicted molar refractivity (Wildman–Crippen MR) is 160 cm³/mol. The second kappa shape index (κ2) is 14.4. The van der Waals surface area contributed by atoms with Crippen LogP contribution < -0.4 is 14.3 Å². The van der Waals surface area contributed by atoms with Crippen molar-refractivity contribution in [3.8, 4) is 11.5 Å². The first kappa shape index (κ1) is 33.9. The third-order valence-corrected chi connectivity index (χ3v) is 8.18. The molecule has 0 aliphatic heterocycles. The molecular formula is C27H27F2N7O8S2. The molecule has 0 saturated carbocycles. The Kier molecular flexibility index (Phi) is 10.6. The van der Waals surface area contributed by atoms with Crippen LogP contribution in [0.5, 0.6) is 0 Å². The molecule has 0 aliphatic carbocycles. The second-order valence-electron chi connectivity index (χ2n) is 9.44. The van der Waals surface area contributed by atoms with Crippen LogP contribution >= 0.6 is 0 Å². The Labute approximate surface area is 261 Å². The number of hydrogen-bond donors (Lipinski definition) is 1. The molecule has 19 heteroatoms. The van der Waals surface area contributed by atoms with Gasteiger partial charge < -0.3 is 19.0 Å². The number of nitrogens with two attached hydrogens (primary N) is 1. The number of benzene rings is 2. The normalized spacial score (nSPS) is 11.6. The van der Waals surface area contributed by atoms with Gasteiger partial charge in [-0.25, -0.2) is 35.4 Å². The summed E-state index contributed by atoms with van der Waals surface area (Å²) in [6, 6.07) is 12.9. The highest BCUT2D eigenvalue weighted by molar-refractivity contribution is 7.92. The number of carbonyl (C=O) groups excluding carboxylic acids is 1. The molecule has 0 bridgehead atoms. The number of halogens is 2. The highest BCUT2D eigenvalue weighted by atomic mass is 32.2. The van der Waals surface area contributed by atoms with Gasteiger partial charge in [-0.3, -0.25) is 4.79 Å². The smallest absolute Gasteiger partial charge is 0.314 e. The van der Waals surface area contributed by atoms with Gasteiger partial charge in [0.15, 0.2) is 5.78 Å². The van der Waals surface area contributed by atoms with E-state index in [0.29, 0.717) is 22.3 Å². The molecule has 2 aromatic carbocycles. The van der Waals surface area contributed by atoms with Gasteiger partial charge in [-0.1, -0.05) is 36.4 Å². The Bertz CT molecular complexity index is 1930. The number of anilines is 2. The molecule has 15 nitrogen and oxygen atoms in total. The van der Waals surface area contributed by atoms with Crippen LogP contribution in [0.15, 0.2) is 86.7 Å². The van der Waals surface area contributed by atoms with Gasteiger partial charge in [0.25, 0.3) is 5.89 Å². The van der Waals surface area contributed by atoms with E-state index in [1.165, 1.54) is 24.9 Å². The fourth-order valence-electron chi connectivity index (χ4n) is 3.77. The third-order valence-electron chi connectivity index (χ3n) is 6.01. The Hall–Kier alpha value is -5.01. The van der Waals surface area contributed by atoms with Gasteiger partial charge in [-0.05, 0) is 23.3 Å². The molecular weight excluding hydrogens is 652 g/mol. The minimum Gasteiger partial charge on any atom is -0.431 e. The Morgan fingerprint density at radius 2 is 1.28 bits per heavy atom. The van der Waals surface area contributed by atoms with E-state index in [1.54, 1.807) is 48.5 Å². The van der Waals surface area contributed by atoms with E-state index in [0.717, 1.165) is 21.1 Å². The maximum Gasteiger partial charge on any atom is 0.314 e. The van der Waals surface area contributed by atoms with Crippen molar-refractivity contribution in [2.45, 2.75) is 19.5 Å². The first-order valence-electron chi connectivity index (χ1n) is 13.0. The summed E-state index contributed by atoms with van der Waals surface area (Å²) >= 11 is 0. The number of sulfonamides is 2. The summed E-state index contributed by atoms with van der Waals surface area (Å²) in [5.74, 6) is -0.977. The lowest BCUT2D eigenvalue weighted by Crippen LogP contribution is -2.29. The topological polar surface area (TPSA) is 209 Å². The van der Waals surface area contributed by atoms with Crippen LogP contribution in [0, 0.1) is 0 Å². The van der Waals surface area contributed by atoms with Crippen molar-refractivity contribution >= 4 is 37.9 Å². The molecule has 0 spiro atoms. The van der Waals surface area contributed by atoms with Crippen LogP contribution in [0.1, 0.15) is 33.8 Å². The van der Waals surface area contributed by atoms with Crippen LogP contribution in [0.3, 0.4) is 0 Å². The first-order chi connectivity index (χ1) is 21.8. The van der Waals surface area contributed by atoms with Crippen molar-refractivity contribution in [2.75, 3.05) is 27.7 Å². The van der Waals surface area contributed by atoms with Crippen LogP contribution in [-0.2, 0) is 33.1 Å². The zero-order chi connectivity index (χ0) is 33.5. The minimum absolute atomic E-state index is 0.000360. The van der Waals surface area contributed by atoms with Crippen molar-refractivity contribution in [2.24, 2.45) is 5.73 Å². The summed E-state index contributed by atoms with van der Waals surface area (Å²) in [7, 11) is -7.13. The van der Waals surface area contributed by atoms with E-state index in [9.17, 15) is 30.4 Å². The zero-order valence-corrected chi connectivity index (χ0v) is 25.9. The Balaban J connectivity index is 0.000000212. The standard InChI is InChI=1S/C14H12F2N4O4S.C13H15N3O4S/c1-25(21,22)20(14-17-6-7-23-14)8-9-2-4-10(5-3-9)12-18-19-13(24-12)11(15)16;1-21(18,19)16(13-15-6-7-20-13)9-10-2-4-11(5-3-10)12(17)8-14/h2-7,11H,8H2,1H3;2-7H,8-9,14H2,1H3. The number of nitrogens with zero attached hydrogens (tertiary/aromatic N) is 6. The predicted octanol–water partition coefficient (Wildman–Crippen LogP) is 3.41. The van der Waals surface area contributed by atoms with Crippen molar-refractivity contribution in [3.63, 3.8) is 0 Å². The molecule has 0 radical (unpaired) electrons. The highest BCUT2D eigenvalue weighted by Crippen LogP contribution is 2.25. The molecule has 5 aromatic rings. The van der Waals surface area contributed by atoms with Gasteiger partial charge in [0.1, 0.15) is 12.5 Å². The SMILES string of the molecule is CS(=O)(=O)N(Cc1ccc(-c2nnc(C(F)F)o2)cc1)c1ncco1.CS(=O)(=O)N(Cc1ccc(C(=O)CN)cc1)c1ncco1. The third kappa shape index (κ3) is 8.79. The molecule has 46 heavy (non-hydrogen) atoms. The van der Waals surface area contributed by atoms with Crippen LogP contribution in [0.2, 0.25) is 0 Å². The van der Waals surface area contributed by atoms with Crippen LogP contribution in [0.25, 0.3) is 11.5 Å². The van der Waals surface area contributed by atoms with Crippen LogP contribution in [0.4, 0.5) is 20.8 Å². The number of ketones is 1. The Morgan fingerprint density at radius 1 is 0.804 bits per heavy atom. The average Bonchev–Trinajstić information content (AvgIpc) is 3.82. The number of aromatic nitrogens is 4. The molecule has 2 N–H and O–H groups in total. The van der Waals surface area contributed by atoms with Gasteiger partial charge in [-0.2, -0.15) is 8.78 Å². The number of oxazole rings is 2. The van der Waals surface area contributed by atoms with E-state index >= 15 is 0 Å². The monoisotopic (exact) mass is 679 g/mol. The molecule has 0 fully saturated rings. The van der Waals surface area contributed by atoms with Gasteiger partial charge in [0.2, 0.25) is 25.9 Å². The second-order valence-corrected chi connectivity index (χ2v) is 13.2. The lowest BCUT2D eigenvalue weighted by molar-refractivity contribution is 0.100. The quantitative estimate of drug-likeness (QED) is 0.188. The molecule has 0 amide bonds. The van der Waals surface area contributed by atoms with Gasteiger partial charge >= 0.3 is 18.5 Å². The molecule has 0 saturated heterocycles. The zero-order valence-electron chi connectivity index (χ0n) is 24.2. The average molecular weight is 680 g/mol. The molecule has 0 aliphatic rings. The van der Waals surface area contributed by atoms with E-state index in [4.69, 9.17) is 19.0 Å². The number of carbonyl (C=O) groups is 1. The van der Waals surface area contributed by atoms with Gasteiger partial charge in [-0.15, -0.1) is 10.2 Å². The Morgan fingerprint density at radius 3 is 1.65 bits per heavy atom. The summed E-state index contributed by atoms with van der Waals surface area (Å²) in [6.07, 6.45) is 4.55. The van der Waals surface area contributed by atoms with Crippen molar-refractivity contribution in [1.82, 2.24) is 20.2 Å². The summed E-state index contributed by atoms with van der Waals surface area (Å²) in [5, 5.41) is 6.80.